The second kappa shape index (κ2) is 8.84. The van der Waals surface area contributed by atoms with Crippen molar-refractivity contribution in [2.75, 3.05) is 13.2 Å². The second-order valence-corrected chi connectivity index (χ2v) is 7.48. The van der Waals surface area contributed by atoms with Crippen molar-refractivity contribution in [1.82, 2.24) is 4.98 Å². The van der Waals surface area contributed by atoms with E-state index < -0.39 is 41.2 Å². The van der Waals surface area contributed by atoms with Crippen molar-refractivity contribution in [1.29, 1.82) is 0 Å². The van der Waals surface area contributed by atoms with E-state index in [9.17, 15) is 22.0 Å². The van der Waals surface area contributed by atoms with Gasteiger partial charge >= 0.3 is 6.11 Å². The van der Waals surface area contributed by atoms with E-state index in [1.807, 2.05) is 6.92 Å². The molecule has 3 aromatic rings. The molecule has 0 unspecified atom stereocenters. The fourth-order valence-electron chi connectivity index (χ4n) is 3.14. The summed E-state index contributed by atoms with van der Waals surface area (Å²) in [6.45, 7) is 3.19. The monoisotopic (exact) mass is 451 g/mol. The van der Waals surface area contributed by atoms with Gasteiger partial charge in [-0.1, -0.05) is 25.1 Å². The second-order valence-electron chi connectivity index (χ2n) is 7.48. The molecule has 4 rings (SSSR count). The van der Waals surface area contributed by atoms with E-state index in [2.05, 4.69) is 9.72 Å². The third-order valence-electron chi connectivity index (χ3n) is 4.84. The molecule has 4 nitrogen and oxygen atoms in total. The van der Waals surface area contributed by atoms with E-state index in [0.29, 0.717) is 42.5 Å². The van der Waals surface area contributed by atoms with E-state index in [1.54, 1.807) is 18.3 Å². The minimum atomic E-state index is -3.90. The van der Waals surface area contributed by atoms with Crippen molar-refractivity contribution in [3.63, 3.8) is 0 Å². The molecule has 1 saturated heterocycles. The highest BCUT2D eigenvalue weighted by Gasteiger charge is 2.35. The summed E-state index contributed by atoms with van der Waals surface area (Å²) in [6, 6.07) is 9.25. The van der Waals surface area contributed by atoms with Gasteiger partial charge in [0.05, 0.1) is 24.5 Å². The highest BCUT2D eigenvalue weighted by atomic mass is 19.3. The van der Waals surface area contributed by atoms with Crippen LogP contribution in [-0.2, 0) is 15.6 Å². The molecule has 1 fully saturated rings. The molecule has 0 N–H and O–H groups in total. The van der Waals surface area contributed by atoms with Crippen molar-refractivity contribution < 1.29 is 36.2 Å². The lowest BCUT2D eigenvalue weighted by molar-refractivity contribution is -0.202. The Morgan fingerprint density at radius 2 is 1.56 bits per heavy atom. The maximum Gasteiger partial charge on any atom is 0.426 e. The van der Waals surface area contributed by atoms with Crippen LogP contribution in [0.2, 0.25) is 0 Å². The molecule has 1 aliphatic rings. The first-order valence-electron chi connectivity index (χ1n) is 9.74. The predicted octanol–water partition coefficient (Wildman–Crippen LogP) is 5.98. The predicted molar refractivity (Wildman–Crippen MR) is 104 cm³/mol. The van der Waals surface area contributed by atoms with Crippen LogP contribution in [-0.4, -0.2) is 18.2 Å². The summed E-state index contributed by atoms with van der Waals surface area (Å²) in [7, 11) is 0. The van der Waals surface area contributed by atoms with Gasteiger partial charge in [0.15, 0.2) is 23.7 Å². The smallest absolute Gasteiger partial charge is 0.426 e. The standard InChI is InChI=1S/C23H18F5NO3/c1-13-11-30-22(31-12-13)15-4-7-20(29-10-15)14-2-5-16(6-3-14)23(27,28)32-17-8-18(24)21(26)19(25)9-17/h2-10,13,22H,11-12H2,1H3. The van der Waals surface area contributed by atoms with Crippen LogP contribution in [0.15, 0.2) is 54.7 Å². The highest BCUT2D eigenvalue weighted by Crippen LogP contribution is 2.34. The zero-order chi connectivity index (χ0) is 22.9. The van der Waals surface area contributed by atoms with Crippen LogP contribution in [0.4, 0.5) is 22.0 Å². The normalized spacial score (nSPS) is 19.1. The Labute approximate surface area is 180 Å². The Morgan fingerprint density at radius 1 is 0.938 bits per heavy atom. The summed E-state index contributed by atoms with van der Waals surface area (Å²) < 4.78 is 84.0. The van der Waals surface area contributed by atoms with E-state index in [1.165, 1.54) is 12.1 Å². The molecule has 0 atom stereocenters. The molecule has 0 amide bonds. The van der Waals surface area contributed by atoms with Crippen LogP contribution in [0.5, 0.6) is 5.75 Å². The SMILES string of the molecule is CC1COC(c2ccc(-c3ccc(C(F)(F)Oc4cc(F)c(F)c(F)c4)cc3)nc2)OC1. The molecule has 2 aromatic carbocycles. The molecule has 0 spiro atoms. The maximum atomic E-state index is 14.4. The number of hydrogen-bond acceptors (Lipinski definition) is 4. The van der Waals surface area contributed by atoms with Crippen molar-refractivity contribution in [3.8, 4) is 17.0 Å². The molecular weight excluding hydrogens is 433 g/mol. The van der Waals surface area contributed by atoms with Crippen LogP contribution in [0, 0.1) is 23.4 Å². The van der Waals surface area contributed by atoms with E-state index in [4.69, 9.17) is 9.47 Å². The number of nitrogens with zero attached hydrogens (tertiary/aromatic N) is 1. The van der Waals surface area contributed by atoms with Gasteiger partial charge < -0.3 is 14.2 Å². The number of rotatable bonds is 5. The molecule has 0 radical (unpaired) electrons. The van der Waals surface area contributed by atoms with Crippen LogP contribution in [0.1, 0.15) is 24.3 Å². The van der Waals surface area contributed by atoms with Crippen molar-refractivity contribution in [3.05, 3.63) is 83.3 Å². The fourth-order valence-corrected chi connectivity index (χ4v) is 3.14. The number of aromatic nitrogens is 1. The summed E-state index contributed by atoms with van der Waals surface area (Å²) in [5, 5.41) is 0. The third-order valence-corrected chi connectivity index (χ3v) is 4.84. The molecule has 0 aliphatic carbocycles. The maximum absolute atomic E-state index is 14.4. The first-order chi connectivity index (χ1) is 15.2. The van der Waals surface area contributed by atoms with E-state index in [0.717, 1.165) is 17.7 Å². The number of pyridine rings is 1. The van der Waals surface area contributed by atoms with Gasteiger partial charge in [0.2, 0.25) is 0 Å². The number of alkyl halides is 2. The zero-order valence-electron chi connectivity index (χ0n) is 16.8. The summed E-state index contributed by atoms with van der Waals surface area (Å²) >= 11 is 0. The molecule has 2 heterocycles. The number of benzene rings is 2. The van der Waals surface area contributed by atoms with Gasteiger partial charge in [0.1, 0.15) is 5.75 Å². The minimum Gasteiger partial charge on any atom is -0.429 e. The van der Waals surface area contributed by atoms with Crippen LogP contribution >= 0.6 is 0 Å². The summed E-state index contributed by atoms with van der Waals surface area (Å²) in [5.74, 6) is -5.53. The molecular formula is C23H18F5NO3. The van der Waals surface area contributed by atoms with Gasteiger partial charge in [-0.2, -0.15) is 8.78 Å². The lowest BCUT2D eigenvalue weighted by Gasteiger charge is -2.27. The van der Waals surface area contributed by atoms with Crippen molar-refractivity contribution in [2.45, 2.75) is 19.3 Å². The summed E-state index contributed by atoms with van der Waals surface area (Å²) in [6.07, 6.45) is -2.80. The Kier molecular flexibility index (Phi) is 6.12. The molecule has 9 heteroatoms. The zero-order valence-corrected chi connectivity index (χ0v) is 16.8. The quantitative estimate of drug-likeness (QED) is 0.354. The van der Waals surface area contributed by atoms with Gasteiger partial charge in [-0.05, 0) is 18.2 Å². The number of ether oxygens (including phenoxy) is 3. The largest absolute Gasteiger partial charge is 0.429 e. The first kappa shape index (κ1) is 22.2. The van der Waals surface area contributed by atoms with Gasteiger partial charge in [0.25, 0.3) is 0 Å². The average molecular weight is 451 g/mol. The molecule has 0 saturated carbocycles. The van der Waals surface area contributed by atoms with Gasteiger partial charge in [0, 0.05) is 35.4 Å². The average Bonchev–Trinajstić information content (AvgIpc) is 2.78. The van der Waals surface area contributed by atoms with Crippen LogP contribution in [0.3, 0.4) is 0 Å². The topological polar surface area (TPSA) is 40.6 Å². The highest BCUT2D eigenvalue weighted by molar-refractivity contribution is 5.59. The molecule has 1 aromatic heterocycles. The third kappa shape index (κ3) is 4.73. The molecule has 32 heavy (non-hydrogen) atoms. The Bertz CT molecular complexity index is 1060. The Balaban J connectivity index is 1.47. The van der Waals surface area contributed by atoms with Gasteiger partial charge in [-0.15, -0.1) is 0 Å². The van der Waals surface area contributed by atoms with E-state index >= 15 is 0 Å². The fraction of sp³-hybridized carbons (Fsp3) is 0.261. The van der Waals surface area contributed by atoms with Crippen molar-refractivity contribution in [2.24, 2.45) is 5.92 Å². The van der Waals surface area contributed by atoms with Crippen LogP contribution < -0.4 is 4.74 Å². The number of halogens is 5. The minimum absolute atomic E-state index is 0.320. The molecule has 168 valence electrons. The van der Waals surface area contributed by atoms with E-state index in [-0.39, 0.29) is 0 Å². The van der Waals surface area contributed by atoms with Gasteiger partial charge in [-0.3, -0.25) is 4.98 Å². The molecule has 1 aliphatic heterocycles. The Hall–Kier alpha value is -3.04. The lowest BCUT2D eigenvalue weighted by atomic mass is 10.1. The first-order valence-corrected chi connectivity index (χ1v) is 9.74. The number of hydrogen-bond donors (Lipinski definition) is 0. The summed E-state index contributed by atoms with van der Waals surface area (Å²) in [5.41, 5.74) is 1.29. The summed E-state index contributed by atoms with van der Waals surface area (Å²) in [4.78, 5) is 4.33. The Morgan fingerprint density at radius 3 is 2.12 bits per heavy atom. The molecule has 0 bridgehead atoms. The lowest BCUT2D eigenvalue weighted by Crippen LogP contribution is -2.25. The van der Waals surface area contributed by atoms with Crippen molar-refractivity contribution >= 4 is 0 Å². The van der Waals surface area contributed by atoms with Crippen LogP contribution in [0.25, 0.3) is 11.3 Å². The van der Waals surface area contributed by atoms with Gasteiger partial charge in [-0.25, -0.2) is 13.2 Å².